The zero-order valence-electron chi connectivity index (χ0n) is 10.4. The van der Waals surface area contributed by atoms with E-state index < -0.39 is 5.97 Å². The van der Waals surface area contributed by atoms with Crippen molar-refractivity contribution in [3.63, 3.8) is 0 Å². The number of esters is 1. The van der Waals surface area contributed by atoms with Gasteiger partial charge < -0.3 is 14.8 Å². The molecule has 5 heteroatoms. The molecule has 0 atom stereocenters. The number of pyridine rings is 1. The summed E-state index contributed by atoms with van der Waals surface area (Å²) in [7, 11) is 1.36. The van der Waals surface area contributed by atoms with Gasteiger partial charge in [0.25, 0.3) is 5.97 Å². The molecule has 0 amide bonds. The predicted molar refractivity (Wildman–Crippen MR) is 68.2 cm³/mol. The minimum atomic E-state index is -0.396. The van der Waals surface area contributed by atoms with E-state index in [1.807, 2.05) is 24.3 Å². The normalized spacial score (nSPS) is 9.32. The van der Waals surface area contributed by atoms with Gasteiger partial charge in [0.05, 0.1) is 7.11 Å². The molecule has 98 valence electrons. The second-order valence-corrected chi connectivity index (χ2v) is 3.66. The molecule has 0 spiro atoms. The van der Waals surface area contributed by atoms with Gasteiger partial charge in [-0.2, -0.15) is 0 Å². The van der Waals surface area contributed by atoms with E-state index in [1.165, 1.54) is 7.11 Å². The first-order valence-electron chi connectivity index (χ1n) is 5.53. The minimum absolute atomic E-state index is 0. The van der Waals surface area contributed by atoms with Crippen molar-refractivity contribution in [2.75, 3.05) is 12.4 Å². The Morgan fingerprint density at radius 2 is 2.11 bits per heavy atom. The number of nitrogens with one attached hydrogen (secondary N) is 1. The summed E-state index contributed by atoms with van der Waals surface area (Å²) in [4.78, 5) is 15.5. The molecule has 4 nitrogen and oxygen atoms in total. The fourth-order valence-corrected chi connectivity index (χ4v) is 1.55. The molecule has 0 saturated heterocycles. The standard InChI is InChI=1S/C14H13N2O2.W/c1-18-14(17)12-4-2-3-5-13(12)16-10-11-6-8-15-9-7-11;/h2-3,5-9,16H,10H2,1H3;/q-1;. The van der Waals surface area contributed by atoms with E-state index in [9.17, 15) is 4.79 Å². The van der Waals surface area contributed by atoms with Crippen molar-refractivity contribution in [1.82, 2.24) is 4.98 Å². The molecular weight excluding hydrogens is 412 g/mol. The molecule has 1 heterocycles. The molecule has 0 radical (unpaired) electrons. The number of ether oxygens (including phenoxy) is 1. The zero-order valence-corrected chi connectivity index (χ0v) is 13.4. The minimum Gasteiger partial charge on any atom is -0.509 e. The monoisotopic (exact) mass is 425 g/mol. The van der Waals surface area contributed by atoms with Crippen molar-refractivity contribution in [3.8, 4) is 0 Å². The van der Waals surface area contributed by atoms with Crippen molar-refractivity contribution in [1.29, 1.82) is 0 Å². The van der Waals surface area contributed by atoms with Gasteiger partial charge in [-0.3, -0.25) is 4.98 Å². The van der Waals surface area contributed by atoms with E-state index in [0.717, 1.165) is 5.56 Å². The van der Waals surface area contributed by atoms with E-state index in [2.05, 4.69) is 16.4 Å². The third kappa shape index (κ3) is 4.18. The molecule has 1 aromatic carbocycles. The number of nitrogens with zero attached hydrogens (tertiary/aromatic N) is 1. The van der Waals surface area contributed by atoms with E-state index >= 15 is 0 Å². The zero-order chi connectivity index (χ0) is 12.8. The third-order valence-corrected chi connectivity index (χ3v) is 2.48. The molecule has 0 fully saturated rings. The number of hydrogen-bond donors (Lipinski definition) is 1. The van der Waals surface area contributed by atoms with Crippen molar-refractivity contribution in [2.45, 2.75) is 6.54 Å². The predicted octanol–water partition coefficient (Wildman–Crippen LogP) is 2.28. The molecule has 1 N–H and O–H groups in total. The summed E-state index contributed by atoms with van der Waals surface area (Å²) in [5, 5.41) is 3.18. The molecule has 2 rings (SSSR count). The molecule has 2 aromatic rings. The van der Waals surface area contributed by atoms with Gasteiger partial charge in [0.2, 0.25) is 0 Å². The Balaban J connectivity index is 0.00000180. The average molecular weight is 425 g/mol. The van der Waals surface area contributed by atoms with Crippen LogP contribution in [0.4, 0.5) is 5.69 Å². The van der Waals surface area contributed by atoms with Gasteiger partial charge in [0, 0.05) is 40.0 Å². The van der Waals surface area contributed by atoms with Gasteiger partial charge >= 0.3 is 0 Å². The maximum absolute atomic E-state index is 11.5. The molecule has 0 saturated carbocycles. The van der Waals surface area contributed by atoms with Crippen LogP contribution < -0.4 is 5.32 Å². The van der Waals surface area contributed by atoms with Crippen LogP contribution in [-0.4, -0.2) is 18.1 Å². The number of methoxy groups -OCH3 is 1. The SMILES string of the molecule is COC(=O)c1[c-]cccc1NCc1ccncc1.[W]. The van der Waals surface area contributed by atoms with E-state index in [4.69, 9.17) is 4.74 Å². The van der Waals surface area contributed by atoms with Crippen molar-refractivity contribution in [2.24, 2.45) is 0 Å². The second kappa shape index (κ2) is 7.70. The molecule has 0 aliphatic rings. The topological polar surface area (TPSA) is 51.2 Å². The van der Waals surface area contributed by atoms with Gasteiger partial charge in [-0.1, -0.05) is 0 Å². The molecule has 1 aromatic heterocycles. The average Bonchev–Trinajstić information content (AvgIpc) is 2.45. The van der Waals surface area contributed by atoms with Crippen LogP contribution in [0.1, 0.15) is 15.9 Å². The van der Waals surface area contributed by atoms with Gasteiger partial charge in [0.1, 0.15) is 0 Å². The van der Waals surface area contributed by atoms with Gasteiger partial charge in [-0.05, 0) is 28.9 Å². The summed E-state index contributed by atoms with van der Waals surface area (Å²) in [6, 6.07) is 12.0. The number of anilines is 1. The third-order valence-electron chi connectivity index (χ3n) is 2.48. The van der Waals surface area contributed by atoms with E-state index in [0.29, 0.717) is 17.8 Å². The van der Waals surface area contributed by atoms with Crippen LogP contribution in [0, 0.1) is 6.07 Å². The van der Waals surface area contributed by atoms with Crippen molar-refractivity contribution in [3.05, 3.63) is 59.9 Å². The first-order chi connectivity index (χ1) is 8.81. The number of aromatic nitrogens is 1. The summed E-state index contributed by atoms with van der Waals surface area (Å²) in [5.41, 5.74) is 2.21. The van der Waals surface area contributed by atoms with Gasteiger partial charge in [-0.25, -0.2) is 0 Å². The Labute approximate surface area is 126 Å². The van der Waals surface area contributed by atoms with Crippen LogP contribution >= 0.6 is 0 Å². The molecule has 19 heavy (non-hydrogen) atoms. The number of rotatable bonds is 4. The molecule has 0 bridgehead atoms. The fraction of sp³-hybridized carbons (Fsp3) is 0.143. The Kier molecular flexibility index (Phi) is 6.23. The van der Waals surface area contributed by atoms with Crippen LogP contribution in [0.15, 0.2) is 42.7 Å². The summed E-state index contributed by atoms with van der Waals surface area (Å²) in [5.74, 6) is -0.396. The summed E-state index contributed by atoms with van der Waals surface area (Å²) < 4.78 is 4.71. The van der Waals surface area contributed by atoms with E-state index in [1.54, 1.807) is 18.5 Å². The second-order valence-electron chi connectivity index (χ2n) is 3.66. The first-order valence-corrected chi connectivity index (χ1v) is 5.53. The Bertz CT molecular complexity index is 532. The maximum atomic E-state index is 11.5. The number of carbonyl (C=O) groups excluding carboxylic acids is 1. The number of carbonyl (C=O) groups is 1. The van der Waals surface area contributed by atoms with Crippen molar-refractivity contribution < 1.29 is 30.6 Å². The van der Waals surface area contributed by atoms with Crippen LogP contribution in [0.3, 0.4) is 0 Å². The smallest absolute Gasteiger partial charge is 0.251 e. The molecule has 0 unspecified atom stereocenters. The largest absolute Gasteiger partial charge is 0.509 e. The first kappa shape index (κ1) is 15.4. The Hall–Kier alpha value is -1.67. The van der Waals surface area contributed by atoms with Gasteiger partial charge in [0.15, 0.2) is 0 Å². The van der Waals surface area contributed by atoms with Gasteiger partial charge in [-0.15, -0.1) is 24.3 Å². The van der Waals surface area contributed by atoms with Crippen LogP contribution in [0.5, 0.6) is 0 Å². The summed E-state index contributed by atoms with van der Waals surface area (Å²) in [6.45, 7) is 0.615. The molecular formula is C14H13N2O2W-. The Morgan fingerprint density at radius 1 is 1.37 bits per heavy atom. The fourth-order valence-electron chi connectivity index (χ4n) is 1.55. The Morgan fingerprint density at radius 3 is 2.79 bits per heavy atom. The quantitative estimate of drug-likeness (QED) is 0.604. The molecule has 0 aliphatic carbocycles. The van der Waals surface area contributed by atoms with Crippen molar-refractivity contribution >= 4 is 11.7 Å². The summed E-state index contributed by atoms with van der Waals surface area (Å²) >= 11 is 0. The maximum Gasteiger partial charge on any atom is 0.251 e. The van der Waals surface area contributed by atoms with Crippen LogP contribution in [0.2, 0.25) is 0 Å². The van der Waals surface area contributed by atoms with E-state index in [-0.39, 0.29) is 21.1 Å². The number of benzene rings is 1. The van der Waals surface area contributed by atoms with Crippen LogP contribution in [-0.2, 0) is 32.3 Å². The van der Waals surface area contributed by atoms with Crippen LogP contribution in [0.25, 0.3) is 0 Å². The summed E-state index contributed by atoms with van der Waals surface area (Å²) in [6.07, 6.45) is 3.46. The molecule has 0 aliphatic heterocycles. The number of hydrogen-bond acceptors (Lipinski definition) is 4.